The van der Waals surface area contributed by atoms with Crippen LogP contribution in [-0.2, 0) is 9.59 Å². The van der Waals surface area contributed by atoms with E-state index in [1.807, 2.05) is 6.92 Å². The maximum absolute atomic E-state index is 11.3. The van der Waals surface area contributed by atoms with Gasteiger partial charge in [0.15, 0.2) is 5.78 Å². The Bertz CT molecular complexity index is 201. The van der Waals surface area contributed by atoms with Crippen LogP contribution in [0.1, 0.15) is 39.0 Å². The number of carbonyl (C=O) groups is 2. The largest absolute Gasteiger partial charge is 0.335 e. The molecule has 0 N–H and O–H groups in total. The molecule has 1 aliphatic rings. The molecule has 13 heavy (non-hydrogen) atoms. The fraction of sp³-hybridized carbons (Fsp3) is 0.800. The summed E-state index contributed by atoms with van der Waals surface area (Å²) in [6.45, 7) is 3.09. The van der Waals surface area contributed by atoms with Gasteiger partial charge >= 0.3 is 0 Å². The summed E-state index contributed by atoms with van der Waals surface area (Å²) in [6.07, 6.45) is 4.13. The van der Waals surface area contributed by atoms with Crippen LogP contribution in [0.4, 0.5) is 0 Å². The second-order valence-corrected chi connectivity index (χ2v) is 3.56. The number of carbonyl (C=O) groups excluding carboxylic acids is 2. The lowest BCUT2D eigenvalue weighted by Gasteiger charge is -2.25. The third-order valence-electron chi connectivity index (χ3n) is 2.32. The first kappa shape index (κ1) is 10.2. The summed E-state index contributed by atoms with van der Waals surface area (Å²) < 4.78 is 0. The van der Waals surface area contributed by atoms with Crippen LogP contribution in [0.5, 0.6) is 0 Å². The smallest absolute Gasteiger partial charge is 0.222 e. The summed E-state index contributed by atoms with van der Waals surface area (Å²) in [6, 6.07) is 0. The van der Waals surface area contributed by atoms with Crippen LogP contribution in [0, 0.1) is 0 Å². The number of likely N-dealkylation sites (tertiary alicyclic amines) is 1. The second-order valence-electron chi connectivity index (χ2n) is 3.56. The number of ketones is 1. The van der Waals surface area contributed by atoms with E-state index in [-0.39, 0.29) is 11.7 Å². The number of rotatable bonds is 4. The molecule has 1 amide bonds. The van der Waals surface area contributed by atoms with E-state index in [0.29, 0.717) is 19.4 Å². The standard InChI is InChI=1S/C10H17NO2/c1-2-5-9(12)8-11-7-4-3-6-10(11)13/h2-8H2,1H3. The molecule has 74 valence electrons. The topological polar surface area (TPSA) is 37.4 Å². The third kappa shape index (κ3) is 3.17. The molecule has 3 heteroatoms. The molecule has 0 spiro atoms. The molecular formula is C10H17NO2. The average molecular weight is 183 g/mol. The van der Waals surface area contributed by atoms with E-state index >= 15 is 0 Å². The molecule has 1 saturated heterocycles. The van der Waals surface area contributed by atoms with Gasteiger partial charge in [0.25, 0.3) is 0 Å². The molecular weight excluding hydrogens is 166 g/mol. The molecule has 0 aromatic rings. The summed E-state index contributed by atoms with van der Waals surface area (Å²) in [5, 5.41) is 0. The van der Waals surface area contributed by atoms with Crippen LogP contribution in [0.25, 0.3) is 0 Å². The minimum absolute atomic E-state index is 0.149. The van der Waals surface area contributed by atoms with Crippen molar-refractivity contribution < 1.29 is 9.59 Å². The Balaban J connectivity index is 2.33. The molecule has 0 aromatic carbocycles. The van der Waals surface area contributed by atoms with Crippen LogP contribution >= 0.6 is 0 Å². The van der Waals surface area contributed by atoms with Gasteiger partial charge in [0.1, 0.15) is 0 Å². The van der Waals surface area contributed by atoms with Gasteiger partial charge in [0.2, 0.25) is 5.91 Å². The third-order valence-corrected chi connectivity index (χ3v) is 2.32. The summed E-state index contributed by atoms with van der Waals surface area (Å²) in [7, 11) is 0. The lowest BCUT2D eigenvalue weighted by molar-refractivity contribution is -0.137. The minimum Gasteiger partial charge on any atom is -0.335 e. The summed E-state index contributed by atoms with van der Waals surface area (Å²) in [4.78, 5) is 24.3. The highest BCUT2D eigenvalue weighted by atomic mass is 16.2. The van der Waals surface area contributed by atoms with Gasteiger partial charge in [0, 0.05) is 19.4 Å². The van der Waals surface area contributed by atoms with Gasteiger partial charge in [-0.05, 0) is 19.3 Å². The fourth-order valence-electron chi connectivity index (χ4n) is 1.60. The molecule has 0 aliphatic carbocycles. The van der Waals surface area contributed by atoms with Crippen LogP contribution in [0.15, 0.2) is 0 Å². The predicted molar refractivity (Wildman–Crippen MR) is 50.3 cm³/mol. The van der Waals surface area contributed by atoms with E-state index in [1.54, 1.807) is 4.90 Å². The van der Waals surface area contributed by atoms with Gasteiger partial charge in [0.05, 0.1) is 6.54 Å². The van der Waals surface area contributed by atoms with Crippen molar-refractivity contribution in [2.75, 3.05) is 13.1 Å². The molecule has 0 bridgehead atoms. The van der Waals surface area contributed by atoms with Crippen molar-refractivity contribution in [1.29, 1.82) is 0 Å². The molecule has 0 unspecified atom stereocenters. The number of hydrogen-bond acceptors (Lipinski definition) is 2. The van der Waals surface area contributed by atoms with Crippen LogP contribution in [0.3, 0.4) is 0 Å². The highest BCUT2D eigenvalue weighted by molar-refractivity contribution is 5.86. The molecule has 1 aliphatic heterocycles. The number of nitrogens with zero attached hydrogens (tertiary/aromatic N) is 1. The molecule has 0 atom stereocenters. The molecule has 1 fully saturated rings. The van der Waals surface area contributed by atoms with Crippen LogP contribution in [0.2, 0.25) is 0 Å². The highest BCUT2D eigenvalue weighted by Gasteiger charge is 2.19. The summed E-state index contributed by atoms with van der Waals surface area (Å²) in [5.74, 6) is 0.341. The van der Waals surface area contributed by atoms with E-state index in [0.717, 1.165) is 25.8 Å². The molecule has 3 nitrogen and oxygen atoms in total. The average Bonchev–Trinajstić information content (AvgIpc) is 2.09. The zero-order valence-corrected chi connectivity index (χ0v) is 8.21. The Morgan fingerprint density at radius 3 is 2.85 bits per heavy atom. The van der Waals surface area contributed by atoms with Crippen molar-refractivity contribution in [3.63, 3.8) is 0 Å². The normalized spacial score (nSPS) is 17.6. The van der Waals surface area contributed by atoms with Crippen molar-refractivity contribution >= 4 is 11.7 Å². The van der Waals surface area contributed by atoms with Crippen molar-refractivity contribution in [3.05, 3.63) is 0 Å². The van der Waals surface area contributed by atoms with E-state index in [9.17, 15) is 9.59 Å². The van der Waals surface area contributed by atoms with Gasteiger partial charge < -0.3 is 4.90 Å². The Hall–Kier alpha value is -0.860. The van der Waals surface area contributed by atoms with Crippen LogP contribution < -0.4 is 0 Å². The number of Topliss-reactive ketones (excluding diaryl/α,β-unsaturated/α-hetero) is 1. The lowest BCUT2D eigenvalue weighted by Crippen LogP contribution is -2.38. The van der Waals surface area contributed by atoms with Crippen molar-refractivity contribution in [1.82, 2.24) is 4.90 Å². The Morgan fingerprint density at radius 1 is 1.46 bits per heavy atom. The number of piperidine rings is 1. The van der Waals surface area contributed by atoms with E-state index in [1.165, 1.54) is 0 Å². The summed E-state index contributed by atoms with van der Waals surface area (Å²) in [5.41, 5.74) is 0. The van der Waals surface area contributed by atoms with Gasteiger partial charge in [-0.2, -0.15) is 0 Å². The maximum Gasteiger partial charge on any atom is 0.222 e. The summed E-state index contributed by atoms with van der Waals surface area (Å²) >= 11 is 0. The van der Waals surface area contributed by atoms with Crippen molar-refractivity contribution in [2.45, 2.75) is 39.0 Å². The second kappa shape index (κ2) is 5.00. The number of hydrogen-bond donors (Lipinski definition) is 0. The lowest BCUT2D eigenvalue weighted by atomic mass is 10.1. The Labute approximate surface area is 79.1 Å². The minimum atomic E-state index is 0.149. The monoisotopic (exact) mass is 183 g/mol. The first-order chi connectivity index (χ1) is 6.24. The highest BCUT2D eigenvalue weighted by Crippen LogP contribution is 2.10. The van der Waals surface area contributed by atoms with Gasteiger partial charge in [-0.15, -0.1) is 0 Å². The van der Waals surface area contributed by atoms with Gasteiger partial charge in [-0.1, -0.05) is 6.92 Å². The van der Waals surface area contributed by atoms with Crippen molar-refractivity contribution in [2.24, 2.45) is 0 Å². The van der Waals surface area contributed by atoms with Crippen molar-refractivity contribution in [3.8, 4) is 0 Å². The van der Waals surface area contributed by atoms with E-state index < -0.39 is 0 Å². The Kier molecular flexibility index (Phi) is 3.93. The molecule has 1 heterocycles. The number of amides is 1. The van der Waals surface area contributed by atoms with E-state index in [2.05, 4.69) is 0 Å². The zero-order valence-electron chi connectivity index (χ0n) is 8.21. The SMILES string of the molecule is CCCC(=O)CN1CCCCC1=O. The molecule has 1 rings (SSSR count). The zero-order chi connectivity index (χ0) is 9.68. The predicted octanol–water partition coefficient (Wildman–Crippen LogP) is 1.37. The molecule has 0 saturated carbocycles. The Morgan fingerprint density at radius 2 is 2.23 bits per heavy atom. The molecule has 0 aromatic heterocycles. The van der Waals surface area contributed by atoms with Crippen LogP contribution in [-0.4, -0.2) is 29.7 Å². The molecule has 0 radical (unpaired) electrons. The maximum atomic E-state index is 11.3. The van der Waals surface area contributed by atoms with Gasteiger partial charge in [-0.25, -0.2) is 0 Å². The first-order valence-electron chi connectivity index (χ1n) is 5.03. The fourth-order valence-corrected chi connectivity index (χ4v) is 1.60. The van der Waals surface area contributed by atoms with Gasteiger partial charge in [-0.3, -0.25) is 9.59 Å². The quantitative estimate of drug-likeness (QED) is 0.660. The first-order valence-corrected chi connectivity index (χ1v) is 5.03. The van der Waals surface area contributed by atoms with E-state index in [4.69, 9.17) is 0 Å².